The predicted molar refractivity (Wildman–Crippen MR) is 54.2 cm³/mol. The molecule has 2 nitrogen and oxygen atoms in total. The lowest BCUT2D eigenvalue weighted by Gasteiger charge is -2.12. The van der Waals surface area contributed by atoms with Crippen LogP contribution in [0.15, 0.2) is 18.2 Å². The summed E-state index contributed by atoms with van der Waals surface area (Å²) in [6.45, 7) is 2.36. The number of rotatable bonds is 2. The van der Waals surface area contributed by atoms with Gasteiger partial charge in [-0.25, -0.2) is 8.78 Å². The minimum absolute atomic E-state index is 0.152. The van der Waals surface area contributed by atoms with Gasteiger partial charge in [0.15, 0.2) is 17.4 Å². The molecule has 0 spiro atoms. The average Bonchev–Trinajstić information content (AvgIpc) is 2.67. The molecule has 1 fully saturated rings. The van der Waals surface area contributed by atoms with Crippen molar-refractivity contribution < 1.29 is 18.3 Å². The lowest BCUT2D eigenvalue weighted by molar-refractivity contribution is 0.0764. The van der Waals surface area contributed by atoms with Gasteiger partial charge in [0.1, 0.15) is 0 Å². The van der Waals surface area contributed by atoms with Crippen molar-refractivity contribution in [1.82, 2.24) is 0 Å². The van der Waals surface area contributed by atoms with Gasteiger partial charge in [-0.1, -0.05) is 0 Å². The number of ketones is 1. The summed E-state index contributed by atoms with van der Waals surface area (Å²) in [7, 11) is 0. The summed E-state index contributed by atoms with van der Waals surface area (Å²) in [5.74, 6) is -2.35. The van der Waals surface area contributed by atoms with E-state index in [1.165, 1.54) is 6.07 Å². The van der Waals surface area contributed by atoms with Gasteiger partial charge in [0, 0.05) is 12.2 Å². The first-order valence-electron chi connectivity index (χ1n) is 5.20. The maximum Gasteiger partial charge on any atom is 0.168 e. The first-order chi connectivity index (χ1) is 7.59. The van der Waals surface area contributed by atoms with Crippen molar-refractivity contribution in [1.29, 1.82) is 0 Å². The van der Waals surface area contributed by atoms with Crippen LogP contribution in [0.1, 0.15) is 23.7 Å². The highest BCUT2D eigenvalue weighted by Crippen LogP contribution is 2.25. The molecule has 1 aromatic rings. The molecule has 1 aliphatic rings. The Hall–Kier alpha value is -1.29. The quantitative estimate of drug-likeness (QED) is 0.724. The van der Waals surface area contributed by atoms with Crippen LogP contribution in [0, 0.1) is 17.6 Å². The fourth-order valence-electron chi connectivity index (χ4n) is 1.94. The molecule has 0 saturated carbocycles. The minimum Gasteiger partial charge on any atom is -0.378 e. The van der Waals surface area contributed by atoms with E-state index in [-0.39, 0.29) is 23.4 Å². The van der Waals surface area contributed by atoms with Gasteiger partial charge in [0.05, 0.1) is 12.0 Å². The van der Waals surface area contributed by atoms with Crippen LogP contribution in [0.4, 0.5) is 8.78 Å². The molecule has 0 amide bonds. The summed E-state index contributed by atoms with van der Waals surface area (Å²) in [4.78, 5) is 12.0. The Labute approximate surface area is 92.2 Å². The first kappa shape index (κ1) is 11.2. The molecule has 0 N–H and O–H groups in total. The van der Waals surface area contributed by atoms with E-state index in [0.29, 0.717) is 13.0 Å². The van der Waals surface area contributed by atoms with Gasteiger partial charge in [0.25, 0.3) is 0 Å². The van der Waals surface area contributed by atoms with Crippen LogP contribution in [-0.4, -0.2) is 18.5 Å². The van der Waals surface area contributed by atoms with Crippen LogP contribution in [0.25, 0.3) is 0 Å². The molecule has 16 heavy (non-hydrogen) atoms. The van der Waals surface area contributed by atoms with Crippen LogP contribution in [0.5, 0.6) is 0 Å². The number of benzene rings is 1. The zero-order chi connectivity index (χ0) is 11.7. The molecule has 2 atom stereocenters. The summed E-state index contributed by atoms with van der Waals surface area (Å²) in [6, 6.07) is 3.23. The predicted octanol–water partition coefficient (Wildman–Crippen LogP) is 2.57. The van der Waals surface area contributed by atoms with E-state index >= 15 is 0 Å². The average molecular weight is 226 g/mol. The third kappa shape index (κ3) is 1.97. The molecule has 4 heteroatoms. The van der Waals surface area contributed by atoms with Gasteiger partial charge >= 0.3 is 0 Å². The van der Waals surface area contributed by atoms with Gasteiger partial charge < -0.3 is 4.74 Å². The fraction of sp³-hybridized carbons (Fsp3) is 0.417. The number of ether oxygens (including phenoxy) is 1. The normalized spacial score (nSPS) is 24.7. The number of carbonyl (C=O) groups excluding carboxylic acids is 1. The second-order valence-electron chi connectivity index (χ2n) is 3.96. The number of hydrogen-bond acceptors (Lipinski definition) is 2. The van der Waals surface area contributed by atoms with Crippen molar-refractivity contribution in [3.8, 4) is 0 Å². The standard InChI is InChI=1S/C12H12F2O2/c1-7-9(4-5-16-7)12(15)8-2-3-10(13)11(14)6-8/h2-3,6-7,9H,4-5H2,1H3. The summed E-state index contributed by atoms with van der Waals surface area (Å²) in [5.41, 5.74) is 0.209. The zero-order valence-electron chi connectivity index (χ0n) is 8.87. The molecule has 1 aliphatic heterocycles. The van der Waals surface area contributed by atoms with Gasteiger partial charge in [-0.15, -0.1) is 0 Å². The van der Waals surface area contributed by atoms with Crippen LogP contribution in [0.3, 0.4) is 0 Å². The largest absolute Gasteiger partial charge is 0.378 e. The SMILES string of the molecule is CC1OCCC1C(=O)c1ccc(F)c(F)c1. The Balaban J connectivity index is 2.23. The highest BCUT2D eigenvalue weighted by atomic mass is 19.2. The van der Waals surface area contributed by atoms with E-state index in [4.69, 9.17) is 4.74 Å². The topological polar surface area (TPSA) is 26.3 Å². The lowest BCUT2D eigenvalue weighted by Crippen LogP contribution is -2.21. The molecule has 0 aliphatic carbocycles. The highest BCUT2D eigenvalue weighted by Gasteiger charge is 2.31. The van der Waals surface area contributed by atoms with E-state index in [1.54, 1.807) is 0 Å². The molecular formula is C12H12F2O2. The number of Topliss-reactive ketones (excluding diaryl/α,β-unsaturated/α-hetero) is 1. The molecule has 0 bridgehead atoms. The van der Waals surface area contributed by atoms with Crippen molar-refractivity contribution in [3.05, 3.63) is 35.4 Å². The summed E-state index contributed by atoms with van der Waals surface area (Å²) < 4.78 is 30.9. The molecule has 2 rings (SSSR count). The van der Waals surface area contributed by atoms with Crippen molar-refractivity contribution in [3.63, 3.8) is 0 Å². The van der Waals surface area contributed by atoms with Crippen molar-refractivity contribution in [2.45, 2.75) is 19.4 Å². The van der Waals surface area contributed by atoms with Crippen LogP contribution in [-0.2, 0) is 4.74 Å². The van der Waals surface area contributed by atoms with Gasteiger partial charge in [0.2, 0.25) is 0 Å². The minimum atomic E-state index is -0.989. The monoisotopic (exact) mass is 226 g/mol. The highest BCUT2D eigenvalue weighted by molar-refractivity contribution is 5.98. The van der Waals surface area contributed by atoms with Gasteiger partial charge in [-0.05, 0) is 31.5 Å². The molecule has 0 aromatic heterocycles. The van der Waals surface area contributed by atoms with Crippen LogP contribution < -0.4 is 0 Å². The summed E-state index contributed by atoms with van der Waals surface area (Å²) in [6.07, 6.45) is 0.486. The maximum atomic E-state index is 13.0. The second-order valence-corrected chi connectivity index (χ2v) is 3.96. The van der Waals surface area contributed by atoms with Crippen molar-refractivity contribution in [2.75, 3.05) is 6.61 Å². The number of carbonyl (C=O) groups is 1. The summed E-state index contributed by atoms with van der Waals surface area (Å²) in [5, 5.41) is 0. The Bertz CT molecular complexity index is 417. The third-order valence-electron chi connectivity index (χ3n) is 2.92. The smallest absolute Gasteiger partial charge is 0.168 e. The lowest BCUT2D eigenvalue weighted by atomic mass is 9.92. The van der Waals surface area contributed by atoms with Crippen molar-refractivity contribution in [2.24, 2.45) is 5.92 Å². The maximum absolute atomic E-state index is 13.0. The van der Waals surface area contributed by atoms with Crippen LogP contribution in [0.2, 0.25) is 0 Å². The molecular weight excluding hydrogens is 214 g/mol. The second kappa shape index (κ2) is 4.29. The molecule has 1 aromatic carbocycles. The first-order valence-corrected chi connectivity index (χ1v) is 5.20. The molecule has 86 valence electrons. The molecule has 0 radical (unpaired) electrons. The number of halogens is 2. The van der Waals surface area contributed by atoms with Gasteiger partial charge in [-0.3, -0.25) is 4.79 Å². The van der Waals surface area contributed by atoms with Crippen molar-refractivity contribution >= 4 is 5.78 Å². The number of hydrogen-bond donors (Lipinski definition) is 0. The van der Waals surface area contributed by atoms with E-state index in [2.05, 4.69) is 0 Å². The van der Waals surface area contributed by atoms with E-state index < -0.39 is 11.6 Å². The molecule has 1 saturated heterocycles. The Kier molecular flexibility index (Phi) is 3.01. The zero-order valence-corrected chi connectivity index (χ0v) is 8.87. The molecule has 1 heterocycles. The molecule has 2 unspecified atom stereocenters. The van der Waals surface area contributed by atoms with E-state index in [1.807, 2.05) is 6.92 Å². The third-order valence-corrected chi connectivity index (χ3v) is 2.92. The summed E-state index contributed by atoms with van der Waals surface area (Å²) >= 11 is 0. The Morgan fingerprint density at radius 1 is 1.38 bits per heavy atom. The van der Waals surface area contributed by atoms with E-state index in [9.17, 15) is 13.6 Å². The van der Waals surface area contributed by atoms with E-state index in [0.717, 1.165) is 12.1 Å². The van der Waals surface area contributed by atoms with Crippen LogP contribution >= 0.6 is 0 Å². The fourth-order valence-corrected chi connectivity index (χ4v) is 1.94. The Morgan fingerprint density at radius 3 is 2.69 bits per heavy atom. The van der Waals surface area contributed by atoms with Gasteiger partial charge in [-0.2, -0.15) is 0 Å². The Morgan fingerprint density at radius 2 is 2.12 bits per heavy atom.